The van der Waals surface area contributed by atoms with Crippen LogP contribution in [0.5, 0.6) is 34.5 Å². The van der Waals surface area contributed by atoms with Crippen molar-refractivity contribution < 1.29 is 19.3 Å². The minimum Gasteiger partial charge on any atom is -0.507 e. The van der Waals surface area contributed by atoms with Gasteiger partial charge in [0.1, 0.15) is 23.0 Å². The summed E-state index contributed by atoms with van der Waals surface area (Å²) in [5, 5.41) is 9.80. The Morgan fingerprint density at radius 3 is 1.60 bits per heavy atom. The largest absolute Gasteiger partial charge is 0.507 e. The van der Waals surface area contributed by atoms with Gasteiger partial charge < -0.3 is 42.3 Å². The summed E-state index contributed by atoms with van der Waals surface area (Å²) in [5.74, 6) is 4.20. The van der Waals surface area contributed by atoms with Crippen molar-refractivity contribution in [2.45, 2.75) is 52.9 Å². The van der Waals surface area contributed by atoms with Gasteiger partial charge in [0.05, 0.1) is 26.1 Å². The number of aromatic hydroxyl groups is 1. The average Bonchev–Trinajstić information content (AvgIpc) is 2.93. The molecule has 0 bridgehead atoms. The highest BCUT2D eigenvalue weighted by Gasteiger charge is 2.17. The number of halogens is 2. The molecule has 0 aliphatic heterocycles. The number of phenols is 1. The maximum absolute atomic E-state index is 9.80. The Labute approximate surface area is 278 Å². The normalized spacial score (nSPS) is 10.8. The molecular weight excluding hydrogens is 778 g/mol. The Hall–Kier alpha value is -3.54. The van der Waals surface area contributed by atoms with Crippen LogP contribution < -0.4 is 37.1 Å². The van der Waals surface area contributed by atoms with E-state index in [1.54, 1.807) is 12.1 Å². The number of nitrogen functional groups attached to an aromatic ring is 4. The third kappa shape index (κ3) is 9.22. The van der Waals surface area contributed by atoms with Crippen LogP contribution in [-0.2, 0) is 0 Å². The molecule has 9 N–H and O–H groups in total. The molecule has 0 amide bonds. The first-order chi connectivity index (χ1) is 20.3. The lowest BCUT2D eigenvalue weighted by molar-refractivity contribution is 0.314. The first kappa shape index (κ1) is 34.0. The first-order valence-corrected chi connectivity index (χ1v) is 15.6. The van der Waals surface area contributed by atoms with Gasteiger partial charge in [0, 0.05) is 11.1 Å². The third-order valence-electron chi connectivity index (χ3n) is 5.89. The zero-order chi connectivity index (χ0) is 31.8. The van der Waals surface area contributed by atoms with E-state index >= 15 is 0 Å². The van der Waals surface area contributed by atoms with Gasteiger partial charge in [-0.1, -0.05) is 34.6 Å². The minimum absolute atomic E-state index is 0.0965. The van der Waals surface area contributed by atoms with Crippen LogP contribution in [0.2, 0.25) is 0 Å². The summed E-state index contributed by atoms with van der Waals surface area (Å²) in [6, 6.07) is 7.40. The van der Waals surface area contributed by atoms with Crippen molar-refractivity contribution in [1.82, 2.24) is 19.9 Å². The van der Waals surface area contributed by atoms with Crippen LogP contribution in [0.1, 0.15) is 64.0 Å². The molecular formula is C29H36I2N8O4. The average molecular weight is 814 g/mol. The molecule has 14 heteroatoms. The summed E-state index contributed by atoms with van der Waals surface area (Å²) in [5.41, 5.74) is 24.5. The second kappa shape index (κ2) is 15.3. The molecule has 0 saturated carbocycles. The van der Waals surface area contributed by atoms with E-state index in [0.717, 1.165) is 26.9 Å². The highest BCUT2D eigenvalue weighted by atomic mass is 127. The van der Waals surface area contributed by atoms with Gasteiger partial charge in [-0.3, -0.25) is 0 Å². The summed E-state index contributed by atoms with van der Waals surface area (Å²) in [6.07, 6.45) is 3.88. The summed E-state index contributed by atoms with van der Waals surface area (Å²) in [4.78, 5) is 15.6. The van der Waals surface area contributed by atoms with Crippen LogP contribution in [-0.4, -0.2) is 31.6 Å². The number of nitrogens with zero attached hydrogens (tertiary/aromatic N) is 4. The molecule has 0 atom stereocenters. The predicted octanol–water partition coefficient (Wildman–Crippen LogP) is 6.82. The quantitative estimate of drug-likeness (QED) is 0.111. The molecule has 0 aliphatic carbocycles. The number of ether oxygens (including phenoxy) is 3. The molecule has 2 aromatic carbocycles. The Bertz CT molecular complexity index is 1570. The summed E-state index contributed by atoms with van der Waals surface area (Å²) < 4.78 is 19.2. The Morgan fingerprint density at radius 2 is 1.16 bits per heavy atom. The second-order valence-electron chi connectivity index (χ2n) is 9.98. The maximum Gasteiger partial charge on any atom is 0.222 e. The zero-order valence-electron chi connectivity index (χ0n) is 24.6. The Balaban J connectivity index is 0.000000238. The van der Waals surface area contributed by atoms with Crippen molar-refractivity contribution in [3.8, 4) is 34.5 Å². The molecule has 43 heavy (non-hydrogen) atoms. The van der Waals surface area contributed by atoms with Crippen LogP contribution in [0.25, 0.3) is 0 Å². The smallest absolute Gasteiger partial charge is 0.222 e. The molecule has 0 spiro atoms. The molecule has 0 unspecified atom stereocenters. The highest BCUT2D eigenvalue weighted by Crippen LogP contribution is 2.39. The van der Waals surface area contributed by atoms with Crippen molar-refractivity contribution in [2.24, 2.45) is 0 Å². The van der Waals surface area contributed by atoms with Crippen molar-refractivity contribution in [3.05, 3.63) is 54.9 Å². The minimum atomic E-state index is 0.0965. The van der Waals surface area contributed by atoms with Gasteiger partial charge in [0.25, 0.3) is 0 Å². The predicted molar refractivity (Wildman–Crippen MR) is 186 cm³/mol. The number of hydrogen-bond donors (Lipinski definition) is 5. The molecule has 0 radical (unpaired) electrons. The number of rotatable bonds is 9. The van der Waals surface area contributed by atoms with Crippen molar-refractivity contribution in [2.75, 3.05) is 29.5 Å². The van der Waals surface area contributed by atoms with Gasteiger partial charge in [-0.15, -0.1) is 0 Å². The van der Waals surface area contributed by atoms with E-state index in [9.17, 15) is 5.11 Å². The number of aromatic nitrogens is 4. The lowest BCUT2D eigenvalue weighted by atomic mass is 10.0. The van der Waals surface area contributed by atoms with E-state index in [1.165, 1.54) is 12.4 Å². The van der Waals surface area contributed by atoms with Crippen molar-refractivity contribution in [3.63, 3.8) is 0 Å². The van der Waals surface area contributed by atoms with E-state index in [2.05, 4.69) is 63.3 Å². The molecule has 0 aliphatic rings. The van der Waals surface area contributed by atoms with Crippen molar-refractivity contribution >= 4 is 68.7 Å². The van der Waals surface area contributed by atoms with Crippen LogP contribution >= 0.6 is 45.2 Å². The fourth-order valence-electron chi connectivity index (χ4n) is 3.70. The highest BCUT2D eigenvalue weighted by molar-refractivity contribution is 14.1. The van der Waals surface area contributed by atoms with Crippen LogP contribution in [0.15, 0.2) is 36.7 Å². The van der Waals surface area contributed by atoms with Gasteiger partial charge in [0.2, 0.25) is 11.9 Å². The third-order valence-corrected chi connectivity index (χ3v) is 7.60. The van der Waals surface area contributed by atoms with Crippen LogP contribution in [0.4, 0.5) is 23.5 Å². The first-order valence-electron chi connectivity index (χ1n) is 13.4. The number of benzene rings is 2. The summed E-state index contributed by atoms with van der Waals surface area (Å²) in [7, 11) is 0. The van der Waals surface area contributed by atoms with Crippen LogP contribution in [0, 0.1) is 7.14 Å². The lowest BCUT2D eigenvalue weighted by Crippen LogP contribution is -2.04. The topological polar surface area (TPSA) is 204 Å². The Morgan fingerprint density at radius 1 is 0.698 bits per heavy atom. The van der Waals surface area contributed by atoms with Crippen LogP contribution in [0.3, 0.4) is 0 Å². The number of hydrogen-bond acceptors (Lipinski definition) is 12. The zero-order valence-corrected chi connectivity index (χ0v) is 28.9. The van der Waals surface area contributed by atoms with E-state index < -0.39 is 0 Å². The Kier molecular flexibility index (Phi) is 12.1. The molecule has 0 fully saturated rings. The van der Waals surface area contributed by atoms with Gasteiger partial charge in [-0.25, -0.2) is 9.97 Å². The standard InChI is InChI=1S/C16H21IN4O2.C13H15IN4O2/c1-4-5-22-13-6-10(9(2)3)12(7-11(13)17)23-14-8-20-16(19)21-15(14)18;1-6(2)7-3-9(19)8(14)4-10(7)20-11-5-17-13(16)18-12(11)15/h6-9H,4-5H2,1-3H3,(H4,18,19,20,21);3-6,19H,1-2H3,(H4,15,16,17,18). The maximum atomic E-state index is 9.80. The number of anilines is 4. The summed E-state index contributed by atoms with van der Waals surface area (Å²) in [6.45, 7) is 11.0. The molecule has 2 aromatic heterocycles. The van der Waals surface area contributed by atoms with Crippen molar-refractivity contribution in [1.29, 1.82) is 0 Å². The number of nitrogens with two attached hydrogens (primary N) is 4. The fourth-order valence-corrected chi connectivity index (χ4v) is 4.74. The second-order valence-corrected chi connectivity index (χ2v) is 12.3. The van der Waals surface area contributed by atoms with E-state index in [4.69, 9.17) is 37.1 Å². The molecule has 0 saturated heterocycles. The number of phenolic OH excluding ortho intramolecular Hbond substituents is 1. The lowest BCUT2D eigenvalue weighted by Gasteiger charge is -2.17. The van der Waals surface area contributed by atoms with Gasteiger partial charge >= 0.3 is 0 Å². The molecule has 12 nitrogen and oxygen atoms in total. The molecule has 230 valence electrons. The van der Waals surface area contributed by atoms with Gasteiger partial charge in [0.15, 0.2) is 23.1 Å². The van der Waals surface area contributed by atoms with E-state index in [-0.39, 0.29) is 41.1 Å². The van der Waals surface area contributed by atoms with E-state index in [1.807, 2.05) is 48.6 Å². The monoisotopic (exact) mass is 814 g/mol. The molecule has 4 rings (SSSR count). The van der Waals surface area contributed by atoms with E-state index in [0.29, 0.717) is 33.2 Å². The molecule has 4 aromatic rings. The summed E-state index contributed by atoms with van der Waals surface area (Å²) >= 11 is 4.27. The van der Waals surface area contributed by atoms with Gasteiger partial charge in [-0.05, 0) is 87.7 Å². The SMILES string of the molecule is CC(C)c1cc(O)c(I)cc1Oc1cnc(N)nc1N.CCCOc1cc(C(C)C)c(Oc2cnc(N)nc2N)cc1I. The fraction of sp³-hybridized carbons (Fsp3) is 0.310. The molecule has 2 heterocycles. The van der Waals surface area contributed by atoms with Gasteiger partial charge in [-0.2, -0.15) is 9.97 Å².